The lowest BCUT2D eigenvalue weighted by Crippen LogP contribution is -2.26. The smallest absolute Gasteiger partial charge is 0.252 e. The molecule has 82 valence electrons. The molecule has 0 aliphatic carbocycles. The molecule has 0 aromatic carbocycles. The highest BCUT2D eigenvalue weighted by Crippen LogP contribution is 2.12. The maximum absolute atomic E-state index is 11.8. The molecule has 0 fully saturated rings. The molecule has 0 radical (unpaired) electrons. The first-order valence-electron chi connectivity index (χ1n) is 5.00. The van der Waals surface area contributed by atoms with Crippen LogP contribution < -0.4 is 5.32 Å². The van der Waals surface area contributed by atoms with E-state index in [9.17, 15) is 4.79 Å². The van der Waals surface area contributed by atoms with Gasteiger partial charge in [-0.05, 0) is 30.0 Å². The van der Waals surface area contributed by atoms with Gasteiger partial charge in [0.15, 0.2) is 0 Å². The summed E-state index contributed by atoms with van der Waals surface area (Å²) in [7, 11) is 0. The summed E-state index contributed by atoms with van der Waals surface area (Å²) in [5, 5.41) is 6.66. The first-order chi connectivity index (χ1) is 7.77. The Morgan fingerprint density at radius 2 is 2.38 bits per heavy atom. The molecule has 16 heavy (non-hydrogen) atoms. The van der Waals surface area contributed by atoms with Crippen LogP contribution in [0.25, 0.3) is 0 Å². The number of hydrogen-bond acceptors (Lipinski definition) is 3. The SMILES string of the molecule is C[C@H](NC(=O)c1ccsc1)c1cccnc1. The van der Waals surface area contributed by atoms with E-state index in [0.717, 1.165) is 5.56 Å². The van der Waals surface area contributed by atoms with Crippen molar-refractivity contribution in [1.29, 1.82) is 0 Å². The lowest BCUT2D eigenvalue weighted by Gasteiger charge is -2.12. The van der Waals surface area contributed by atoms with Crippen LogP contribution in [0.4, 0.5) is 0 Å². The lowest BCUT2D eigenvalue weighted by atomic mass is 10.1. The van der Waals surface area contributed by atoms with Crippen molar-refractivity contribution in [3.63, 3.8) is 0 Å². The Kier molecular flexibility index (Phi) is 3.31. The second-order valence-electron chi connectivity index (χ2n) is 3.49. The van der Waals surface area contributed by atoms with Crippen molar-refractivity contribution in [2.24, 2.45) is 0 Å². The van der Waals surface area contributed by atoms with E-state index < -0.39 is 0 Å². The fraction of sp³-hybridized carbons (Fsp3) is 0.167. The van der Waals surface area contributed by atoms with Crippen molar-refractivity contribution in [1.82, 2.24) is 10.3 Å². The summed E-state index contributed by atoms with van der Waals surface area (Å²) in [6, 6.07) is 5.60. The summed E-state index contributed by atoms with van der Waals surface area (Å²) >= 11 is 1.52. The molecule has 0 saturated heterocycles. The molecule has 3 nitrogen and oxygen atoms in total. The second kappa shape index (κ2) is 4.90. The van der Waals surface area contributed by atoms with Crippen LogP contribution in [0.15, 0.2) is 41.4 Å². The molecule has 0 saturated carbocycles. The Bertz CT molecular complexity index is 453. The normalized spacial score (nSPS) is 12.1. The largest absolute Gasteiger partial charge is 0.345 e. The summed E-state index contributed by atoms with van der Waals surface area (Å²) < 4.78 is 0. The minimum Gasteiger partial charge on any atom is -0.345 e. The topological polar surface area (TPSA) is 42.0 Å². The number of nitrogens with one attached hydrogen (secondary N) is 1. The molecule has 1 amide bonds. The molecule has 2 aromatic rings. The standard InChI is InChI=1S/C12H12N2OS/c1-9(10-3-2-5-13-7-10)14-12(15)11-4-6-16-8-11/h2-9H,1H3,(H,14,15)/t9-/m0/s1. The van der Waals surface area contributed by atoms with Gasteiger partial charge >= 0.3 is 0 Å². The predicted octanol–water partition coefficient (Wildman–Crippen LogP) is 2.63. The number of amides is 1. The number of thiophene rings is 1. The Morgan fingerprint density at radius 3 is 3.00 bits per heavy atom. The second-order valence-corrected chi connectivity index (χ2v) is 4.27. The highest BCUT2D eigenvalue weighted by molar-refractivity contribution is 7.08. The van der Waals surface area contributed by atoms with E-state index in [2.05, 4.69) is 10.3 Å². The number of nitrogens with zero attached hydrogens (tertiary/aromatic N) is 1. The third kappa shape index (κ3) is 2.46. The number of carbonyl (C=O) groups excluding carboxylic acids is 1. The van der Waals surface area contributed by atoms with Gasteiger partial charge in [-0.15, -0.1) is 0 Å². The number of carbonyl (C=O) groups is 1. The average molecular weight is 232 g/mol. The van der Waals surface area contributed by atoms with Crippen LogP contribution >= 0.6 is 11.3 Å². The molecule has 1 atom stereocenters. The van der Waals surface area contributed by atoms with Crippen LogP contribution in [0.1, 0.15) is 28.9 Å². The first-order valence-corrected chi connectivity index (χ1v) is 5.94. The van der Waals surface area contributed by atoms with Crippen LogP contribution in [-0.2, 0) is 0 Å². The Morgan fingerprint density at radius 1 is 1.50 bits per heavy atom. The van der Waals surface area contributed by atoms with Gasteiger partial charge < -0.3 is 5.32 Å². The molecule has 2 aromatic heterocycles. The fourth-order valence-electron chi connectivity index (χ4n) is 1.39. The Hall–Kier alpha value is -1.68. The Labute approximate surface area is 98.2 Å². The van der Waals surface area contributed by atoms with E-state index in [1.807, 2.05) is 35.9 Å². The van der Waals surface area contributed by atoms with Crippen molar-refractivity contribution in [2.45, 2.75) is 13.0 Å². The molecule has 0 aliphatic heterocycles. The van der Waals surface area contributed by atoms with E-state index >= 15 is 0 Å². The number of rotatable bonds is 3. The van der Waals surface area contributed by atoms with E-state index in [0.29, 0.717) is 5.56 Å². The van der Waals surface area contributed by atoms with Gasteiger partial charge in [0.25, 0.3) is 5.91 Å². The van der Waals surface area contributed by atoms with Gasteiger partial charge in [-0.25, -0.2) is 0 Å². The monoisotopic (exact) mass is 232 g/mol. The van der Waals surface area contributed by atoms with Gasteiger partial charge in [-0.1, -0.05) is 6.07 Å². The van der Waals surface area contributed by atoms with Crippen molar-refractivity contribution in [3.05, 3.63) is 52.5 Å². The van der Waals surface area contributed by atoms with Gasteiger partial charge in [0.1, 0.15) is 0 Å². The number of aromatic nitrogens is 1. The van der Waals surface area contributed by atoms with Gasteiger partial charge in [-0.3, -0.25) is 9.78 Å². The first kappa shape index (κ1) is 10.8. The minimum absolute atomic E-state index is 0.0268. The van der Waals surface area contributed by atoms with Crippen LogP contribution in [-0.4, -0.2) is 10.9 Å². The minimum atomic E-state index is -0.0439. The number of pyridine rings is 1. The van der Waals surface area contributed by atoms with Crippen molar-refractivity contribution in [3.8, 4) is 0 Å². The van der Waals surface area contributed by atoms with Gasteiger partial charge in [0, 0.05) is 17.8 Å². The third-order valence-corrected chi connectivity index (χ3v) is 3.00. The maximum atomic E-state index is 11.8. The quantitative estimate of drug-likeness (QED) is 0.884. The zero-order chi connectivity index (χ0) is 11.4. The summed E-state index contributed by atoms with van der Waals surface area (Å²) in [4.78, 5) is 15.8. The summed E-state index contributed by atoms with van der Waals surface area (Å²) in [5.74, 6) is -0.0439. The molecule has 0 spiro atoms. The zero-order valence-corrected chi connectivity index (χ0v) is 9.70. The van der Waals surface area contributed by atoms with Crippen LogP contribution in [0.3, 0.4) is 0 Å². The van der Waals surface area contributed by atoms with Crippen LogP contribution in [0, 0.1) is 0 Å². The number of hydrogen-bond donors (Lipinski definition) is 1. The molecule has 2 heterocycles. The summed E-state index contributed by atoms with van der Waals surface area (Å²) in [5.41, 5.74) is 1.71. The van der Waals surface area contributed by atoms with Gasteiger partial charge in [0.2, 0.25) is 0 Å². The maximum Gasteiger partial charge on any atom is 0.252 e. The van der Waals surface area contributed by atoms with Crippen molar-refractivity contribution >= 4 is 17.2 Å². The molecule has 0 aliphatic rings. The van der Waals surface area contributed by atoms with Crippen LogP contribution in [0.5, 0.6) is 0 Å². The molecule has 2 rings (SSSR count). The molecule has 1 N–H and O–H groups in total. The average Bonchev–Trinajstić information content (AvgIpc) is 2.83. The van der Waals surface area contributed by atoms with Gasteiger partial charge in [-0.2, -0.15) is 11.3 Å². The highest BCUT2D eigenvalue weighted by Gasteiger charge is 2.11. The van der Waals surface area contributed by atoms with E-state index in [1.54, 1.807) is 12.4 Å². The van der Waals surface area contributed by atoms with E-state index in [1.165, 1.54) is 11.3 Å². The van der Waals surface area contributed by atoms with E-state index in [-0.39, 0.29) is 11.9 Å². The van der Waals surface area contributed by atoms with Crippen LogP contribution in [0.2, 0.25) is 0 Å². The fourth-order valence-corrected chi connectivity index (χ4v) is 2.03. The van der Waals surface area contributed by atoms with E-state index in [4.69, 9.17) is 0 Å². The molecule has 0 bridgehead atoms. The summed E-state index contributed by atoms with van der Waals surface area (Å²) in [6.45, 7) is 1.95. The highest BCUT2D eigenvalue weighted by atomic mass is 32.1. The lowest BCUT2D eigenvalue weighted by molar-refractivity contribution is 0.0940. The van der Waals surface area contributed by atoms with Crippen molar-refractivity contribution in [2.75, 3.05) is 0 Å². The summed E-state index contributed by atoms with van der Waals surface area (Å²) in [6.07, 6.45) is 3.48. The molecular weight excluding hydrogens is 220 g/mol. The molecule has 0 unspecified atom stereocenters. The third-order valence-electron chi connectivity index (χ3n) is 2.32. The zero-order valence-electron chi connectivity index (χ0n) is 8.88. The molecular formula is C12H12N2OS. The van der Waals surface area contributed by atoms with Crippen molar-refractivity contribution < 1.29 is 4.79 Å². The van der Waals surface area contributed by atoms with Gasteiger partial charge in [0.05, 0.1) is 11.6 Å². The molecule has 4 heteroatoms. The predicted molar refractivity (Wildman–Crippen MR) is 64.4 cm³/mol. The Balaban J connectivity index is 2.03.